The zero-order chi connectivity index (χ0) is 14.5. The third-order valence-electron chi connectivity index (χ3n) is 3.35. The molecule has 3 N–H and O–H groups in total. The number of aromatic hydroxyl groups is 1. The SMILES string of the molecule is Cl.O=C(CCC1CCCN1)Nc1cc([N+](=O)[O-])ccc1O. The highest BCUT2D eigenvalue weighted by Crippen LogP contribution is 2.28. The van der Waals surface area contributed by atoms with Crippen molar-refractivity contribution in [3.63, 3.8) is 0 Å². The molecule has 0 aliphatic carbocycles. The number of benzene rings is 1. The summed E-state index contributed by atoms with van der Waals surface area (Å²) in [6, 6.07) is 3.90. The Hall–Kier alpha value is -1.86. The van der Waals surface area contributed by atoms with Gasteiger partial charge in [-0.25, -0.2) is 0 Å². The van der Waals surface area contributed by atoms with E-state index in [1.165, 1.54) is 12.1 Å². The van der Waals surface area contributed by atoms with Crippen molar-refractivity contribution in [3.05, 3.63) is 28.3 Å². The van der Waals surface area contributed by atoms with Crippen LogP contribution < -0.4 is 10.6 Å². The largest absolute Gasteiger partial charge is 0.506 e. The van der Waals surface area contributed by atoms with Crippen molar-refractivity contribution < 1.29 is 14.8 Å². The molecule has 0 saturated carbocycles. The summed E-state index contributed by atoms with van der Waals surface area (Å²) in [5.41, 5.74) is -0.0980. The normalized spacial score (nSPS) is 17.0. The first-order valence-electron chi connectivity index (χ1n) is 6.57. The number of hydrogen-bond donors (Lipinski definition) is 3. The molecule has 2 rings (SSSR count). The van der Waals surface area contributed by atoms with E-state index in [2.05, 4.69) is 10.6 Å². The van der Waals surface area contributed by atoms with Crippen LogP contribution in [0.15, 0.2) is 18.2 Å². The van der Waals surface area contributed by atoms with Gasteiger partial charge in [0.25, 0.3) is 5.69 Å². The molecule has 1 atom stereocenters. The van der Waals surface area contributed by atoms with Crippen LogP contribution in [0.4, 0.5) is 11.4 Å². The van der Waals surface area contributed by atoms with E-state index in [9.17, 15) is 20.0 Å². The summed E-state index contributed by atoms with van der Waals surface area (Å²) in [7, 11) is 0. The molecule has 1 unspecified atom stereocenters. The van der Waals surface area contributed by atoms with Gasteiger partial charge in [0.1, 0.15) is 5.75 Å². The Morgan fingerprint density at radius 2 is 2.29 bits per heavy atom. The highest BCUT2D eigenvalue weighted by Gasteiger charge is 2.17. The number of non-ortho nitro benzene ring substituents is 1. The fourth-order valence-corrected chi connectivity index (χ4v) is 2.26. The Balaban J connectivity index is 0.00000220. The van der Waals surface area contributed by atoms with Gasteiger partial charge in [0.05, 0.1) is 10.6 Å². The molecule has 8 heteroatoms. The first-order valence-corrected chi connectivity index (χ1v) is 6.57. The Bertz CT molecular complexity index is 518. The summed E-state index contributed by atoms with van der Waals surface area (Å²) in [4.78, 5) is 21.9. The number of nitrogens with one attached hydrogen (secondary N) is 2. The third-order valence-corrected chi connectivity index (χ3v) is 3.35. The molecular weight excluding hydrogens is 298 g/mol. The van der Waals surface area contributed by atoms with Crippen LogP contribution in [0.25, 0.3) is 0 Å². The highest BCUT2D eigenvalue weighted by atomic mass is 35.5. The van der Waals surface area contributed by atoms with E-state index < -0.39 is 4.92 Å². The summed E-state index contributed by atoms with van der Waals surface area (Å²) in [5.74, 6) is -0.433. The molecule has 1 aromatic carbocycles. The summed E-state index contributed by atoms with van der Waals surface area (Å²) in [5, 5.41) is 26.0. The maximum Gasteiger partial charge on any atom is 0.271 e. The smallest absolute Gasteiger partial charge is 0.271 e. The lowest BCUT2D eigenvalue weighted by molar-refractivity contribution is -0.384. The molecule has 1 aliphatic heterocycles. The molecular formula is C13H18ClN3O4. The number of nitrogens with zero attached hydrogens (tertiary/aromatic N) is 1. The van der Waals surface area contributed by atoms with Crippen molar-refractivity contribution in [1.29, 1.82) is 0 Å². The Morgan fingerprint density at radius 1 is 1.52 bits per heavy atom. The fourth-order valence-electron chi connectivity index (χ4n) is 2.26. The molecule has 1 aromatic rings. The number of nitro groups is 1. The summed E-state index contributed by atoms with van der Waals surface area (Å²) >= 11 is 0. The van der Waals surface area contributed by atoms with Gasteiger partial charge < -0.3 is 15.7 Å². The van der Waals surface area contributed by atoms with E-state index in [0.717, 1.165) is 31.9 Å². The first-order chi connectivity index (χ1) is 9.56. The third kappa shape index (κ3) is 4.87. The molecule has 0 aromatic heterocycles. The van der Waals surface area contributed by atoms with Crippen molar-refractivity contribution in [2.24, 2.45) is 0 Å². The Kier molecular flexibility index (Phi) is 6.39. The second-order valence-corrected chi connectivity index (χ2v) is 4.84. The van der Waals surface area contributed by atoms with Gasteiger partial charge in [0, 0.05) is 24.6 Å². The number of carbonyl (C=O) groups is 1. The quantitative estimate of drug-likeness (QED) is 0.439. The number of amides is 1. The average molecular weight is 316 g/mol. The van der Waals surface area contributed by atoms with E-state index in [-0.39, 0.29) is 35.4 Å². The maximum absolute atomic E-state index is 11.8. The molecule has 0 bridgehead atoms. The Labute approximate surface area is 128 Å². The number of rotatable bonds is 5. The summed E-state index contributed by atoms with van der Waals surface area (Å²) in [6.45, 7) is 0.984. The van der Waals surface area contributed by atoms with Gasteiger partial charge in [-0.05, 0) is 31.9 Å². The molecule has 1 saturated heterocycles. The van der Waals surface area contributed by atoms with Crippen LogP contribution in [0.3, 0.4) is 0 Å². The van der Waals surface area contributed by atoms with Crippen LogP contribution in [0.2, 0.25) is 0 Å². The van der Waals surface area contributed by atoms with Crippen molar-refractivity contribution >= 4 is 29.7 Å². The first kappa shape index (κ1) is 17.2. The number of hydrogen-bond acceptors (Lipinski definition) is 5. The van der Waals surface area contributed by atoms with E-state index in [4.69, 9.17) is 0 Å². The number of phenols is 1. The van der Waals surface area contributed by atoms with Crippen LogP contribution in [-0.2, 0) is 4.79 Å². The van der Waals surface area contributed by atoms with Crippen LogP contribution in [0.5, 0.6) is 5.75 Å². The lowest BCUT2D eigenvalue weighted by Crippen LogP contribution is -2.23. The fraction of sp³-hybridized carbons (Fsp3) is 0.462. The minimum absolute atomic E-state index is 0. The average Bonchev–Trinajstić information content (AvgIpc) is 2.92. The number of carbonyl (C=O) groups excluding carboxylic acids is 1. The monoisotopic (exact) mass is 315 g/mol. The zero-order valence-electron chi connectivity index (χ0n) is 11.4. The van der Waals surface area contributed by atoms with E-state index in [1.807, 2.05) is 0 Å². The van der Waals surface area contributed by atoms with Gasteiger partial charge in [-0.15, -0.1) is 12.4 Å². The highest BCUT2D eigenvalue weighted by molar-refractivity contribution is 5.92. The lowest BCUT2D eigenvalue weighted by atomic mass is 10.1. The molecule has 0 radical (unpaired) electrons. The van der Waals surface area contributed by atoms with Crippen LogP contribution in [0.1, 0.15) is 25.7 Å². The van der Waals surface area contributed by atoms with Crippen LogP contribution in [-0.4, -0.2) is 28.5 Å². The van der Waals surface area contributed by atoms with Gasteiger partial charge in [0.15, 0.2) is 0 Å². The molecule has 1 amide bonds. The zero-order valence-corrected chi connectivity index (χ0v) is 12.2. The number of anilines is 1. The van der Waals surface area contributed by atoms with Gasteiger partial charge in [-0.2, -0.15) is 0 Å². The maximum atomic E-state index is 11.8. The molecule has 1 fully saturated rings. The molecule has 1 aliphatic rings. The van der Waals surface area contributed by atoms with Crippen molar-refractivity contribution in [1.82, 2.24) is 5.32 Å². The molecule has 1 heterocycles. The van der Waals surface area contributed by atoms with E-state index in [1.54, 1.807) is 0 Å². The van der Waals surface area contributed by atoms with Crippen molar-refractivity contribution in [2.75, 3.05) is 11.9 Å². The predicted octanol–water partition coefficient (Wildman–Crippen LogP) is 2.19. The molecule has 21 heavy (non-hydrogen) atoms. The lowest BCUT2D eigenvalue weighted by Gasteiger charge is -2.10. The second kappa shape index (κ2) is 7.80. The van der Waals surface area contributed by atoms with Gasteiger partial charge in [0.2, 0.25) is 5.91 Å². The Morgan fingerprint density at radius 3 is 2.90 bits per heavy atom. The molecule has 0 spiro atoms. The topological polar surface area (TPSA) is 104 Å². The van der Waals surface area contributed by atoms with Crippen molar-refractivity contribution in [2.45, 2.75) is 31.7 Å². The minimum atomic E-state index is -0.572. The number of phenolic OH excluding ortho intramolecular Hbond substituents is 1. The molecule has 116 valence electrons. The standard InChI is InChI=1S/C13H17N3O4.ClH/c17-12-5-4-10(16(19)20)8-11(12)15-13(18)6-3-9-2-1-7-14-9;/h4-5,8-9,14,17H,1-3,6-7H2,(H,15,18);1H. The summed E-state index contributed by atoms with van der Waals surface area (Å²) < 4.78 is 0. The van der Waals surface area contributed by atoms with Crippen molar-refractivity contribution in [3.8, 4) is 5.75 Å². The van der Waals surface area contributed by atoms with Gasteiger partial charge in [-0.1, -0.05) is 0 Å². The van der Waals surface area contributed by atoms with Gasteiger partial charge >= 0.3 is 0 Å². The minimum Gasteiger partial charge on any atom is -0.506 e. The van der Waals surface area contributed by atoms with E-state index in [0.29, 0.717) is 12.5 Å². The predicted molar refractivity (Wildman–Crippen MR) is 80.9 cm³/mol. The number of halogens is 1. The van der Waals surface area contributed by atoms with Crippen LogP contribution >= 0.6 is 12.4 Å². The molecule has 7 nitrogen and oxygen atoms in total. The van der Waals surface area contributed by atoms with Crippen LogP contribution in [0, 0.1) is 10.1 Å². The summed E-state index contributed by atoms with van der Waals surface area (Å²) in [6.07, 6.45) is 3.23. The van der Waals surface area contributed by atoms with E-state index >= 15 is 0 Å². The second-order valence-electron chi connectivity index (χ2n) is 4.84. The van der Waals surface area contributed by atoms with Gasteiger partial charge in [-0.3, -0.25) is 14.9 Å². The number of nitro benzene ring substituents is 1.